The highest BCUT2D eigenvalue weighted by Crippen LogP contribution is 2.37. The van der Waals surface area contributed by atoms with E-state index in [1.165, 1.54) is 0 Å². The maximum atomic E-state index is 12.7. The van der Waals surface area contributed by atoms with Crippen molar-refractivity contribution in [3.8, 4) is 11.9 Å². The average molecular weight is 505 g/mol. The Morgan fingerprint density at radius 1 is 1.16 bits per heavy atom. The lowest BCUT2D eigenvalue weighted by Gasteiger charge is -2.41. The van der Waals surface area contributed by atoms with Crippen molar-refractivity contribution in [1.82, 2.24) is 24.4 Å². The van der Waals surface area contributed by atoms with Crippen LogP contribution in [0, 0.1) is 11.3 Å². The van der Waals surface area contributed by atoms with Crippen molar-refractivity contribution in [2.75, 3.05) is 55.7 Å². The predicted molar refractivity (Wildman–Crippen MR) is 139 cm³/mol. The third kappa shape index (κ3) is 5.02. The summed E-state index contributed by atoms with van der Waals surface area (Å²) in [5, 5.41) is 10.3. The van der Waals surface area contributed by atoms with Gasteiger partial charge in [-0.25, -0.2) is 19.7 Å². The van der Waals surface area contributed by atoms with Crippen molar-refractivity contribution in [2.45, 2.75) is 39.3 Å². The quantitative estimate of drug-likeness (QED) is 0.531. The van der Waals surface area contributed by atoms with Gasteiger partial charge in [-0.15, -0.1) is 0 Å². The van der Waals surface area contributed by atoms with Crippen LogP contribution in [0.1, 0.15) is 33.3 Å². The molecule has 3 aromatic rings. The molecule has 0 aromatic carbocycles. The Labute approximate surface area is 216 Å². The number of amides is 1. The van der Waals surface area contributed by atoms with E-state index in [9.17, 15) is 10.1 Å². The van der Waals surface area contributed by atoms with E-state index in [4.69, 9.17) is 14.5 Å². The molecule has 1 amide bonds. The summed E-state index contributed by atoms with van der Waals surface area (Å²) in [6.45, 7) is 12.2. The number of hydrogen-bond acceptors (Lipinski definition) is 9. The van der Waals surface area contributed by atoms with E-state index in [0.29, 0.717) is 44.2 Å². The van der Waals surface area contributed by atoms with Crippen molar-refractivity contribution in [3.05, 3.63) is 36.4 Å². The van der Waals surface area contributed by atoms with Crippen molar-refractivity contribution in [3.63, 3.8) is 0 Å². The number of carbonyl (C=O) groups excluding carboxylic acids is 1. The summed E-state index contributed by atoms with van der Waals surface area (Å²) < 4.78 is 13.1. The Hall–Kier alpha value is -3.91. The lowest BCUT2D eigenvalue weighted by molar-refractivity contribution is 0.0218. The molecule has 2 aliphatic rings. The lowest BCUT2D eigenvalue weighted by Crippen LogP contribution is -2.55. The average Bonchev–Trinajstić information content (AvgIpc) is 3.28. The van der Waals surface area contributed by atoms with Crippen LogP contribution in [-0.2, 0) is 9.47 Å². The number of fused-ring (bicyclic) bond motifs is 1. The van der Waals surface area contributed by atoms with E-state index in [1.54, 1.807) is 29.6 Å². The zero-order valence-corrected chi connectivity index (χ0v) is 21.7. The smallest absolute Gasteiger partial charge is 0.410 e. The number of pyridine rings is 1. The number of morpholine rings is 1. The normalized spacial score (nSPS) is 18.7. The summed E-state index contributed by atoms with van der Waals surface area (Å²) in [6, 6.07) is 5.64. The fourth-order valence-electron chi connectivity index (χ4n) is 4.85. The van der Waals surface area contributed by atoms with Crippen LogP contribution in [0.15, 0.2) is 30.9 Å². The third-order valence-electron chi connectivity index (χ3n) is 6.57. The van der Waals surface area contributed by atoms with E-state index < -0.39 is 5.60 Å². The molecule has 5 heterocycles. The van der Waals surface area contributed by atoms with Crippen molar-refractivity contribution in [1.29, 1.82) is 5.26 Å². The van der Waals surface area contributed by atoms with Crippen LogP contribution in [-0.4, -0.2) is 88.1 Å². The number of carbonyl (C=O) groups is 1. The monoisotopic (exact) mass is 504 g/mol. The van der Waals surface area contributed by atoms with Gasteiger partial charge >= 0.3 is 6.09 Å². The fraction of sp³-hybridized carbons (Fsp3) is 0.500. The molecule has 5 rings (SSSR count). The van der Waals surface area contributed by atoms with Gasteiger partial charge in [-0.1, -0.05) is 0 Å². The van der Waals surface area contributed by atoms with Gasteiger partial charge in [-0.05, 0) is 39.8 Å². The second-order valence-corrected chi connectivity index (χ2v) is 10.4. The number of anilines is 2. The Morgan fingerprint density at radius 3 is 2.65 bits per heavy atom. The first kappa shape index (κ1) is 24.8. The van der Waals surface area contributed by atoms with Crippen LogP contribution < -0.4 is 9.80 Å². The third-order valence-corrected chi connectivity index (χ3v) is 6.57. The minimum absolute atomic E-state index is 0.0142. The van der Waals surface area contributed by atoms with E-state index in [0.717, 1.165) is 35.6 Å². The molecule has 0 N–H and O–H groups in total. The molecule has 2 aliphatic heterocycles. The Morgan fingerprint density at radius 2 is 1.95 bits per heavy atom. The van der Waals surface area contributed by atoms with Gasteiger partial charge in [0.05, 0.1) is 35.9 Å². The molecule has 1 atom stereocenters. The van der Waals surface area contributed by atoms with Crippen LogP contribution in [0.5, 0.6) is 0 Å². The molecule has 0 spiro atoms. The highest BCUT2D eigenvalue weighted by Gasteiger charge is 2.33. The van der Waals surface area contributed by atoms with E-state index in [2.05, 4.69) is 32.8 Å². The van der Waals surface area contributed by atoms with E-state index in [-0.39, 0.29) is 12.1 Å². The molecule has 194 valence electrons. The van der Waals surface area contributed by atoms with Gasteiger partial charge in [0.25, 0.3) is 0 Å². The van der Waals surface area contributed by atoms with E-state index in [1.807, 2.05) is 31.5 Å². The maximum absolute atomic E-state index is 12.7. The Kier molecular flexibility index (Phi) is 6.60. The topological polar surface area (TPSA) is 113 Å². The lowest BCUT2D eigenvalue weighted by atomic mass is 10.1. The molecule has 1 unspecified atom stereocenters. The summed E-state index contributed by atoms with van der Waals surface area (Å²) in [4.78, 5) is 32.9. The molecule has 11 nitrogen and oxygen atoms in total. The predicted octanol–water partition coefficient (Wildman–Crippen LogP) is 2.97. The number of piperazine rings is 1. The largest absolute Gasteiger partial charge is 0.444 e. The molecule has 37 heavy (non-hydrogen) atoms. The van der Waals surface area contributed by atoms with Crippen LogP contribution >= 0.6 is 0 Å². The molecule has 0 saturated carbocycles. The van der Waals surface area contributed by atoms with Crippen LogP contribution in [0.4, 0.5) is 16.3 Å². The van der Waals surface area contributed by atoms with Gasteiger partial charge in [0.15, 0.2) is 5.65 Å². The molecule has 0 bridgehead atoms. The standard InChI is InChI=1S/C26H32N8O3/c1-18-15-32(25(35)37-26(2,3)4)7-8-33(18)23-22-20(31-9-11-36-12-10-31)16-34(24(22)30-17-29-23)21-13-19(14-27)5-6-28-21/h5-6,13,16-18H,7-12,15H2,1-4H3. The summed E-state index contributed by atoms with van der Waals surface area (Å²) in [5.74, 6) is 1.44. The minimum atomic E-state index is -0.539. The van der Waals surface area contributed by atoms with Gasteiger partial charge in [-0.3, -0.25) is 4.57 Å². The van der Waals surface area contributed by atoms with Crippen molar-refractivity contribution >= 4 is 28.6 Å². The molecular formula is C26H32N8O3. The zero-order chi connectivity index (χ0) is 26.2. The SMILES string of the molecule is CC1CN(C(=O)OC(C)(C)C)CCN1c1ncnc2c1c(N1CCOCC1)cn2-c1cc(C#N)ccn1. The molecular weight excluding hydrogens is 472 g/mol. The maximum Gasteiger partial charge on any atom is 0.410 e. The summed E-state index contributed by atoms with van der Waals surface area (Å²) >= 11 is 0. The Balaban J connectivity index is 1.55. The number of ether oxygens (including phenoxy) is 2. The highest BCUT2D eigenvalue weighted by molar-refractivity contribution is 6.00. The molecule has 3 aromatic heterocycles. The van der Waals surface area contributed by atoms with Gasteiger partial charge in [0, 0.05) is 51.2 Å². The number of aromatic nitrogens is 4. The summed E-state index contributed by atoms with van der Waals surface area (Å²) in [7, 11) is 0. The fourth-order valence-corrected chi connectivity index (χ4v) is 4.85. The Bertz CT molecular complexity index is 1340. The van der Waals surface area contributed by atoms with Crippen LogP contribution in [0.2, 0.25) is 0 Å². The minimum Gasteiger partial charge on any atom is -0.444 e. The molecule has 2 fully saturated rings. The molecule has 2 saturated heterocycles. The van der Waals surface area contributed by atoms with Crippen LogP contribution in [0.3, 0.4) is 0 Å². The number of nitrogens with zero attached hydrogens (tertiary/aromatic N) is 8. The number of hydrogen-bond donors (Lipinski definition) is 0. The summed E-state index contributed by atoms with van der Waals surface area (Å²) in [6.07, 6.45) is 4.93. The van der Waals surface area contributed by atoms with Gasteiger partial charge < -0.3 is 24.2 Å². The van der Waals surface area contributed by atoms with E-state index >= 15 is 0 Å². The molecule has 11 heteroatoms. The first-order chi connectivity index (χ1) is 17.7. The molecule has 0 radical (unpaired) electrons. The van der Waals surface area contributed by atoms with Crippen molar-refractivity contribution in [2.24, 2.45) is 0 Å². The zero-order valence-electron chi connectivity index (χ0n) is 21.7. The first-order valence-electron chi connectivity index (χ1n) is 12.5. The van der Waals surface area contributed by atoms with Gasteiger partial charge in [0.1, 0.15) is 23.6 Å². The van der Waals surface area contributed by atoms with Gasteiger partial charge in [0.2, 0.25) is 0 Å². The summed E-state index contributed by atoms with van der Waals surface area (Å²) in [5.41, 5.74) is 1.71. The second kappa shape index (κ2) is 9.86. The van der Waals surface area contributed by atoms with Gasteiger partial charge in [-0.2, -0.15) is 5.26 Å². The first-order valence-corrected chi connectivity index (χ1v) is 12.5. The highest BCUT2D eigenvalue weighted by atomic mass is 16.6. The van der Waals surface area contributed by atoms with Crippen molar-refractivity contribution < 1.29 is 14.3 Å². The molecule has 0 aliphatic carbocycles. The van der Waals surface area contributed by atoms with Crippen LogP contribution in [0.25, 0.3) is 16.9 Å². The second-order valence-electron chi connectivity index (χ2n) is 10.4. The number of rotatable bonds is 3. The number of nitriles is 1.